The summed E-state index contributed by atoms with van der Waals surface area (Å²) in [7, 11) is 0. The molecule has 0 bridgehead atoms. The van der Waals surface area contributed by atoms with Gasteiger partial charge in [-0.15, -0.1) is 11.3 Å². The normalized spacial score (nSPS) is 16.1. The number of amides is 1. The molecule has 0 radical (unpaired) electrons. The fourth-order valence-electron chi connectivity index (χ4n) is 4.15. The molecular weight excluding hydrogens is 370 g/mol. The van der Waals surface area contributed by atoms with Crippen LogP contribution in [0.2, 0.25) is 0 Å². The fraction of sp³-hybridized carbons (Fsp3) is 0.409. The Morgan fingerprint density at radius 1 is 1.25 bits per heavy atom. The molecule has 1 atom stereocenters. The van der Waals surface area contributed by atoms with Crippen molar-refractivity contribution < 1.29 is 4.79 Å². The lowest BCUT2D eigenvalue weighted by atomic mass is 9.83. The summed E-state index contributed by atoms with van der Waals surface area (Å²) in [4.78, 5) is 36.4. The smallest absolute Gasteiger partial charge is 0.259 e. The maximum absolute atomic E-state index is 12.8. The van der Waals surface area contributed by atoms with Gasteiger partial charge in [0.25, 0.3) is 5.56 Å². The van der Waals surface area contributed by atoms with Crippen LogP contribution in [-0.2, 0) is 24.1 Å². The lowest BCUT2D eigenvalue weighted by Gasteiger charge is -2.22. The summed E-state index contributed by atoms with van der Waals surface area (Å²) in [6.45, 7) is 5.24. The van der Waals surface area contributed by atoms with Gasteiger partial charge in [0.05, 0.1) is 11.8 Å². The summed E-state index contributed by atoms with van der Waals surface area (Å²) in [6, 6.07) is 10.6. The van der Waals surface area contributed by atoms with E-state index in [1.165, 1.54) is 10.4 Å². The highest BCUT2D eigenvalue weighted by atomic mass is 32.1. The van der Waals surface area contributed by atoms with Crippen LogP contribution >= 0.6 is 11.3 Å². The van der Waals surface area contributed by atoms with Gasteiger partial charge in [-0.05, 0) is 50.2 Å². The summed E-state index contributed by atoms with van der Waals surface area (Å²) in [5, 5.41) is 0.727. The predicted molar refractivity (Wildman–Crippen MR) is 113 cm³/mol. The Labute approximate surface area is 168 Å². The van der Waals surface area contributed by atoms with Crippen molar-refractivity contribution in [2.45, 2.75) is 45.4 Å². The van der Waals surface area contributed by atoms with E-state index in [1.807, 2.05) is 19.9 Å². The Morgan fingerprint density at radius 3 is 2.71 bits per heavy atom. The molecule has 6 heteroatoms. The molecule has 28 heavy (non-hydrogen) atoms. The fourth-order valence-corrected chi connectivity index (χ4v) is 5.47. The van der Waals surface area contributed by atoms with Crippen LogP contribution in [0, 0.1) is 0 Å². The number of hydrogen-bond donors (Lipinski definition) is 1. The highest BCUT2D eigenvalue weighted by molar-refractivity contribution is 7.18. The summed E-state index contributed by atoms with van der Waals surface area (Å²) >= 11 is 1.62. The van der Waals surface area contributed by atoms with Crippen LogP contribution in [0.3, 0.4) is 0 Å². The SMILES string of the molecule is CCN(CC)C(=O)Cc1nc2sc3c(c2c(=O)[nH]1)CC[C@H](c1ccccc1)C3. The van der Waals surface area contributed by atoms with Gasteiger partial charge in [-0.25, -0.2) is 4.98 Å². The third kappa shape index (κ3) is 3.49. The number of benzene rings is 1. The summed E-state index contributed by atoms with van der Waals surface area (Å²) < 4.78 is 0. The van der Waals surface area contributed by atoms with Crippen LogP contribution in [0.5, 0.6) is 0 Å². The lowest BCUT2D eigenvalue weighted by Crippen LogP contribution is -2.32. The van der Waals surface area contributed by atoms with Crippen molar-refractivity contribution in [3.8, 4) is 0 Å². The third-order valence-corrected chi connectivity index (χ3v) is 6.82. The van der Waals surface area contributed by atoms with E-state index in [-0.39, 0.29) is 17.9 Å². The summed E-state index contributed by atoms with van der Waals surface area (Å²) in [5.74, 6) is 0.954. The second-order valence-electron chi connectivity index (χ2n) is 7.29. The van der Waals surface area contributed by atoms with Gasteiger partial charge >= 0.3 is 0 Å². The monoisotopic (exact) mass is 395 g/mol. The van der Waals surface area contributed by atoms with E-state index >= 15 is 0 Å². The van der Waals surface area contributed by atoms with E-state index in [2.05, 4.69) is 34.2 Å². The molecule has 1 N–H and O–H groups in total. The van der Waals surface area contributed by atoms with E-state index < -0.39 is 0 Å². The van der Waals surface area contributed by atoms with Crippen LogP contribution < -0.4 is 5.56 Å². The van der Waals surface area contributed by atoms with Crippen molar-refractivity contribution in [1.29, 1.82) is 0 Å². The molecule has 0 saturated heterocycles. The first kappa shape index (κ1) is 18.9. The quantitative estimate of drug-likeness (QED) is 0.717. The second-order valence-corrected chi connectivity index (χ2v) is 8.37. The molecule has 1 aromatic carbocycles. The van der Waals surface area contributed by atoms with E-state index in [0.717, 1.165) is 35.0 Å². The Hall–Kier alpha value is -2.47. The molecule has 0 saturated carbocycles. The number of fused-ring (bicyclic) bond motifs is 3. The lowest BCUT2D eigenvalue weighted by molar-refractivity contribution is -0.130. The highest BCUT2D eigenvalue weighted by Gasteiger charge is 2.26. The van der Waals surface area contributed by atoms with Gasteiger partial charge in [0.2, 0.25) is 5.91 Å². The molecule has 2 heterocycles. The van der Waals surface area contributed by atoms with Crippen LogP contribution in [0.4, 0.5) is 0 Å². The Balaban J connectivity index is 1.64. The van der Waals surface area contributed by atoms with Crippen molar-refractivity contribution in [2.75, 3.05) is 13.1 Å². The second kappa shape index (κ2) is 7.87. The number of aromatic nitrogens is 2. The maximum atomic E-state index is 12.8. The minimum atomic E-state index is -0.108. The molecule has 1 amide bonds. The van der Waals surface area contributed by atoms with E-state index in [1.54, 1.807) is 16.2 Å². The van der Waals surface area contributed by atoms with Crippen molar-refractivity contribution in [3.63, 3.8) is 0 Å². The molecule has 0 unspecified atom stereocenters. The average molecular weight is 396 g/mol. The first-order valence-electron chi connectivity index (χ1n) is 9.96. The summed E-state index contributed by atoms with van der Waals surface area (Å²) in [6.07, 6.45) is 3.04. The number of rotatable bonds is 5. The largest absolute Gasteiger partial charge is 0.343 e. The number of nitrogens with zero attached hydrogens (tertiary/aromatic N) is 2. The van der Waals surface area contributed by atoms with Gasteiger partial charge < -0.3 is 9.88 Å². The number of nitrogens with one attached hydrogen (secondary N) is 1. The zero-order valence-electron chi connectivity index (χ0n) is 16.3. The number of carbonyl (C=O) groups excluding carboxylic acids is 1. The third-order valence-electron chi connectivity index (χ3n) is 5.67. The molecule has 4 rings (SSSR count). The molecule has 0 aliphatic heterocycles. The minimum Gasteiger partial charge on any atom is -0.343 e. The minimum absolute atomic E-state index is 0.00189. The molecule has 146 valence electrons. The predicted octanol–water partition coefficient (Wildman–Crippen LogP) is 3.67. The number of carbonyl (C=O) groups is 1. The molecule has 5 nitrogen and oxygen atoms in total. The molecule has 1 aliphatic carbocycles. The zero-order valence-corrected chi connectivity index (χ0v) is 17.1. The number of H-pyrrole nitrogens is 1. The van der Waals surface area contributed by atoms with Gasteiger partial charge in [-0.1, -0.05) is 30.3 Å². The van der Waals surface area contributed by atoms with Crippen LogP contribution in [-0.4, -0.2) is 33.9 Å². The van der Waals surface area contributed by atoms with Crippen molar-refractivity contribution in [2.24, 2.45) is 0 Å². The Kier molecular flexibility index (Phi) is 5.31. The molecule has 0 spiro atoms. The van der Waals surface area contributed by atoms with E-state index in [9.17, 15) is 9.59 Å². The molecular formula is C22H25N3O2S. The highest BCUT2D eigenvalue weighted by Crippen LogP contribution is 2.39. The molecule has 0 fully saturated rings. The number of aromatic amines is 1. The van der Waals surface area contributed by atoms with E-state index in [4.69, 9.17) is 0 Å². The topological polar surface area (TPSA) is 66.1 Å². The van der Waals surface area contributed by atoms with Gasteiger partial charge in [0.15, 0.2) is 0 Å². The van der Waals surface area contributed by atoms with Gasteiger partial charge in [-0.2, -0.15) is 0 Å². The van der Waals surface area contributed by atoms with Crippen molar-refractivity contribution in [1.82, 2.24) is 14.9 Å². The number of thiophene rings is 1. The van der Waals surface area contributed by atoms with Crippen molar-refractivity contribution in [3.05, 3.63) is 62.5 Å². The Morgan fingerprint density at radius 2 is 2.00 bits per heavy atom. The molecule has 3 aromatic rings. The first-order valence-corrected chi connectivity index (χ1v) is 10.8. The van der Waals surface area contributed by atoms with Crippen LogP contribution in [0.25, 0.3) is 10.2 Å². The van der Waals surface area contributed by atoms with Gasteiger partial charge in [0.1, 0.15) is 10.7 Å². The van der Waals surface area contributed by atoms with E-state index in [0.29, 0.717) is 24.8 Å². The van der Waals surface area contributed by atoms with Crippen LogP contribution in [0.15, 0.2) is 35.1 Å². The average Bonchev–Trinajstić information content (AvgIpc) is 3.07. The summed E-state index contributed by atoms with van der Waals surface area (Å²) in [5.41, 5.74) is 2.41. The van der Waals surface area contributed by atoms with Crippen LogP contribution in [0.1, 0.15) is 48.0 Å². The number of aryl methyl sites for hydroxylation is 1. The molecule has 2 aromatic heterocycles. The molecule has 1 aliphatic rings. The van der Waals surface area contributed by atoms with Crippen molar-refractivity contribution >= 4 is 27.5 Å². The zero-order chi connectivity index (χ0) is 19.7. The van der Waals surface area contributed by atoms with Gasteiger partial charge in [-0.3, -0.25) is 9.59 Å². The Bertz CT molecular complexity index is 1050. The maximum Gasteiger partial charge on any atom is 0.259 e. The standard InChI is InChI=1S/C22H25N3O2S/c1-3-25(4-2)19(26)13-18-23-21(27)20-16-11-10-15(14-8-6-5-7-9-14)12-17(16)28-22(20)24-18/h5-9,15H,3-4,10-13H2,1-2H3,(H,23,24,27)/t15-/m0/s1. The number of hydrogen-bond acceptors (Lipinski definition) is 4. The first-order chi connectivity index (χ1) is 13.6. The van der Waals surface area contributed by atoms with Gasteiger partial charge in [0, 0.05) is 18.0 Å². The number of likely N-dealkylation sites (N-methyl/N-ethyl adjacent to an activating group) is 1.